The zero-order valence-electron chi connectivity index (χ0n) is 12.1. The molecule has 19 heavy (non-hydrogen) atoms. The van der Waals surface area contributed by atoms with Gasteiger partial charge in [-0.25, -0.2) is 9.97 Å². The van der Waals surface area contributed by atoms with Crippen LogP contribution in [0.25, 0.3) is 11.3 Å². The predicted octanol–water partition coefficient (Wildman–Crippen LogP) is 3.75. The largest absolute Gasteiger partial charge is 0.370 e. The van der Waals surface area contributed by atoms with Gasteiger partial charge in [-0.3, -0.25) is 0 Å². The number of hydrogen-bond donors (Lipinski definition) is 1. The Balaban J connectivity index is 2.61. The van der Waals surface area contributed by atoms with Crippen molar-refractivity contribution in [1.82, 2.24) is 9.97 Å². The third kappa shape index (κ3) is 2.75. The lowest BCUT2D eigenvalue weighted by Crippen LogP contribution is -2.06. The van der Waals surface area contributed by atoms with Crippen molar-refractivity contribution < 1.29 is 0 Å². The molecule has 0 bridgehead atoms. The van der Waals surface area contributed by atoms with Gasteiger partial charge in [-0.1, -0.05) is 24.6 Å². The first kappa shape index (κ1) is 13.5. The molecule has 1 aromatic heterocycles. The Labute approximate surface area is 115 Å². The van der Waals surface area contributed by atoms with Crippen molar-refractivity contribution in [1.29, 1.82) is 0 Å². The summed E-state index contributed by atoms with van der Waals surface area (Å²) in [6.07, 6.45) is 2.57. The van der Waals surface area contributed by atoms with Gasteiger partial charge >= 0.3 is 0 Å². The Hall–Kier alpha value is -1.90. The number of aryl methyl sites for hydroxylation is 2. The minimum atomic E-state index is 0.871. The van der Waals surface area contributed by atoms with Crippen molar-refractivity contribution in [3.05, 3.63) is 41.2 Å². The fourth-order valence-electron chi connectivity index (χ4n) is 2.29. The van der Waals surface area contributed by atoms with E-state index in [2.05, 4.69) is 61.2 Å². The molecule has 2 aromatic rings. The van der Waals surface area contributed by atoms with Gasteiger partial charge < -0.3 is 5.32 Å². The molecule has 0 fully saturated rings. The van der Waals surface area contributed by atoms with E-state index in [1.807, 2.05) is 0 Å². The van der Waals surface area contributed by atoms with Crippen LogP contribution in [-0.4, -0.2) is 16.5 Å². The summed E-state index contributed by atoms with van der Waals surface area (Å²) in [7, 11) is 0. The van der Waals surface area contributed by atoms with E-state index >= 15 is 0 Å². The number of hydrogen-bond acceptors (Lipinski definition) is 3. The summed E-state index contributed by atoms with van der Waals surface area (Å²) in [4.78, 5) is 8.87. The first-order valence-electron chi connectivity index (χ1n) is 6.82. The second kappa shape index (κ2) is 5.83. The van der Waals surface area contributed by atoms with E-state index in [9.17, 15) is 0 Å². The van der Waals surface area contributed by atoms with Gasteiger partial charge in [0.1, 0.15) is 12.1 Å². The Morgan fingerprint density at radius 2 is 1.89 bits per heavy atom. The molecule has 0 radical (unpaired) electrons. The lowest BCUT2D eigenvalue weighted by molar-refractivity contribution is 1.03. The van der Waals surface area contributed by atoms with Crippen LogP contribution in [0.15, 0.2) is 24.5 Å². The van der Waals surface area contributed by atoms with E-state index in [4.69, 9.17) is 0 Å². The monoisotopic (exact) mass is 255 g/mol. The van der Waals surface area contributed by atoms with Gasteiger partial charge in [0.05, 0.1) is 5.69 Å². The highest BCUT2D eigenvalue weighted by molar-refractivity contribution is 5.71. The average molecular weight is 255 g/mol. The molecule has 0 spiro atoms. The normalized spacial score (nSPS) is 10.5. The van der Waals surface area contributed by atoms with Gasteiger partial charge in [0.25, 0.3) is 0 Å². The van der Waals surface area contributed by atoms with Crippen molar-refractivity contribution >= 4 is 5.82 Å². The maximum atomic E-state index is 4.51. The first-order valence-corrected chi connectivity index (χ1v) is 6.82. The number of rotatable bonds is 4. The molecule has 0 aliphatic heterocycles. The minimum absolute atomic E-state index is 0.871. The third-order valence-corrected chi connectivity index (χ3v) is 3.29. The SMILES string of the molecule is CCNc1ncnc(-c2cc(C)ccc2C)c1CC. The van der Waals surface area contributed by atoms with Gasteiger partial charge in [0.15, 0.2) is 0 Å². The Kier molecular flexibility index (Phi) is 4.15. The van der Waals surface area contributed by atoms with Crippen molar-refractivity contribution in [3.8, 4) is 11.3 Å². The molecule has 1 heterocycles. The molecule has 0 saturated heterocycles. The van der Waals surface area contributed by atoms with Crippen LogP contribution in [0, 0.1) is 13.8 Å². The van der Waals surface area contributed by atoms with Crippen molar-refractivity contribution in [3.63, 3.8) is 0 Å². The first-order chi connectivity index (χ1) is 9.17. The molecular formula is C16H21N3. The van der Waals surface area contributed by atoms with E-state index in [0.717, 1.165) is 24.5 Å². The van der Waals surface area contributed by atoms with E-state index in [-0.39, 0.29) is 0 Å². The fraction of sp³-hybridized carbons (Fsp3) is 0.375. The van der Waals surface area contributed by atoms with Crippen LogP contribution in [0.2, 0.25) is 0 Å². The summed E-state index contributed by atoms with van der Waals surface area (Å²) in [5.41, 5.74) is 5.96. The van der Waals surface area contributed by atoms with Gasteiger partial charge in [-0.15, -0.1) is 0 Å². The maximum Gasteiger partial charge on any atom is 0.133 e. The van der Waals surface area contributed by atoms with Gasteiger partial charge in [0.2, 0.25) is 0 Å². The molecule has 1 N–H and O–H groups in total. The molecule has 3 nitrogen and oxygen atoms in total. The van der Waals surface area contributed by atoms with E-state index in [0.29, 0.717) is 0 Å². The molecule has 0 atom stereocenters. The van der Waals surface area contributed by atoms with Gasteiger partial charge in [-0.05, 0) is 38.8 Å². The highest BCUT2D eigenvalue weighted by Gasteiger charge is 2.12. The molecule has 0 saturated carbocycles. The fourth-order valence-corrected chi connectivity index (χ4v) is 2.29. The number of anilines is 1. The van der Waals surface area contributed by atoms with E-state index in [1.165, 1.54) is 22.3 Å². The molecule has 2 rings (SSSR count). The van der Waals surface area contributed by atoms with Crippen LogP contribution < -0.4 is 5.32 Å². The molecule has 0 amide bonds. The van der Waals surface area contributed by atoms with Crippen LogP contribution in [0.4, 0.5) is 5.82 Å². The predicted molar refractivity (Wildman–Crippen MR) is 80.5 cm³/mol. The highest BCUT2D eigenvalue weighted by Crippen LogP contribution is 2.29. The van der Waals surface area contributed by atoms with Crippen LogP contribution in [0.5, 0.6) is 0 Å². The van der Waals surface area contributed by atoms with Crippen LogP contribution in [0.1, 0.15) is 30.5 Å². The molecular weight excluding hydrogens is 234 g/mol. The summed E-state index contributed by atoms with van der Waals surface area (Å²) >= 11 is 0. The Morgan fingerprint density at radius 1 is 1.11 bits per heavy atom. The highest BCUT2D eigenvalue weighted by atomic mass is 15.0. The minimum Gasteiger partial charge on any atom is -0.370 e. The van der Waals surface area contributed by atoms with Crippen molar-refractivity contribution in [2.75, 3.05) is 11.9 Å². The molecule has 3 heteroatoms. The second-order valence-electron chi connectivity index (χ2n) is 4.75. The molecule has 100 valence electrons. The summed E-state index contributed by atoms with van der Waals surface area (Å²) in [5.74, 6) is 0.955. The summed E-state index contributed by atoms with van der Waals surface area (Å²) in [6, 6.07) is 6.49. The molecule has 0 aliphatic carbocycles. The zero-order valence-corrected chi connectivity index (χ0v) is 12.1. The lowest BCUT2D eigenvalue weighted by Gasteiger charge is -2.14. The summed E-state index contributed by atoms with van der Waals surface area (Å²) in [6.45, 7) is 9.34. The zero-order chi connectivity index (χ0) is 13.8. The van der Waals surface area contributed by atoms with Crippen LogP contribution >= 0.6 is 0 Å². The van der Waals surface area contributed by atoms with E-state index < -0.39 is 0 Å². The molecule has 0 unspecified atom stereocenters. The average Bonchev–Trinajstić information content (AvgIpc) is 2.41. The quantitative estimate of drug-likeness (QED) is 0.904. The number of aromatic nitrogens is 2. The standard InChI is InChI=1S/C16H21N3/c1-5-13-15(18-10-19-16(13)17-6-2)14-9-11(3)7-8-12(14)4/h7-10H,5-6H2,1-4H3,(H,17,18,19). The second-order valence-corrected chi connectivity index (χ2v) is 4.75. The number of benzene rings is 1. The van der Waals surface area contributed by atoms with Gasteiger partial charge in [-0.2, -0.15) is 0 Å². The third-order valence-electron chi connectivity index (χ3n) is 3.29. The summed E-state index contributed by atoms with van der Waals surface area (Å²) < 4.78 is 0. The van der Waals surface area contributed by atoms with E-state index in [1.54, 1.807) is 6.33 Å². The molecule has 0 aliphatic rings. The van der Waals surface area contributed by atoms with Crippen molar-refractivity contribution in [2.45, 2.75) is 34.1 Å². The summed E-state index contributed by atoms with van der Waals surface area (Å²) in [5, 5.41) is 3.32. The Morgan fingerprint density at radius 3 is 2.58 bits per heavy atom. The van der Waals surface area contributed by atoms with Gasteiger partial charge in [0, 0.05) is 17.7 Å². The van der Waals surface area contributed by atoms with Crippen molar-refractivity contribution in [2.24, 2.45) is 0 Å². The number of nitrogens with zero attached hydrogens (tertiary/aromatic N) is 2. The molecule has 1 aromatic carbocycles. The number of nitrogens with one attached hydrogen (secondary N) is 1. The topological polar surface area (TPSA) is 37.8 Å². The lowest BCUT2D eigenvalue weighted by atomic mass is 9.98. The maximum absolute atomic E-state index is 4.51. The van der Waals surface area contributed by atoms with Crippen LogP contribution in [0.3, 0.4) is 0 Å². The van der Waals surface area contributed by atoms with Crippen LogP contribution in [-0.2, 0) is 6.42 Å². The smallest absolute Gasteiger partial charge is 0.133 e. The Bertz CT molecular complexity index is 576.